The quantitative estimate of drug-likeness (QED) is 0.744. The molecule has 20 heavy (non-hydrogen) atoms. The zero-order chi connectivity index (χ0) is 14.5. The average Bonchev–Trinajstić information content (AvgIpc) is 2.75. The van der Waals surface area contributed by atoms with E-state index in [9.17, 15) is 9.59 Å². The summed E-state index contributed by atoms with van der Waals surface area (Å²) in [6.45, 7) is 1.58. The number of carboxylic acid groups (broad SMARTS) is 1. The number of aromatic carboxylic acids is 1. The number of hydrogen-bond acceptors (Lipinski definition) is 4. The van der Waals surface area contributed by atoms with Crippen molar-refractivity contribution >= 4 is 11.9 Å². The van der Waals surface area contributed by atoms with Crippen LogP contribution in [0.5, 0.6) is 5.75 Å². The van der Waals surface area contributed by atoms with Crippen molar-refractivity contribution in [3.63, 3.8) is 0 Å². The van der Waals surface area contributed by atoms with Crippen molar-refractivity contribution in [1.82, 2.24) is 10.2 Å². The molecule has 0 radical (unpaired) electrons. The van der Waals surface area contributed by atoms with Gasteiger partial charge >= 0.3 is 5.97 Å². The van der Waals surface area contributed by atoms with Gasteiger partial charge in [0, 0.05) is 20.1 Å². The van der Waals surface area contributed by atoms with Crippen LogP contribution >= 0.6 is 0 Å². The first-order chi connectivity index (χ1) is 9.59. The van der Waals surface area contributed by atoms with Crippen molar-refractivity contribution in [2.45, 2.75) is 12.5 Å². The lowest BCUT2D eigenvalue weighted by Crippen LogP contribution is -2.38. The number of benzene rings is 1. The van der Waals surface area contributed by atoms with Crippen molar-refractivity contribution in [1.29, 1.82) is 0 Å². The van der Waals surface area contributed by atoms with Crippen molar-refractivity contribution in [3.8, 4) is 5.75 Å². The summed E-state index contributed by atoms with van der Waals surface area (Å²) < 4.78 is 5.45. The van der Waals surface area contributed by atoms with Crippen LogP contribution in [0.1, 0.15) is 16.8 Å². The number of para-hydroxylation sites is 1. The molecule has 1 aromatic rings. The molecule has 0 spiro atoms. The van der Waals surface area contributed by atoms with Crippen molar-refractivity contribution < 1.29 is 19.4 Å². The van der Waals surface area contributed by atoms with Gasteiger partial charge in [0.05, 0.1) is 6.04 Å². The number of nitrogens with zero attached hydrogens (tertiary/aromatic N) is 1. The predicted molar refractivity (Wildman–Crippen MR) is 72.9 cm³/mol. The zero-order valence-electron chi connectivity index (χ0n) is 11.3. The molecule has 2 N–H and O–H groups in total. The molecule has 1 unspecified atom stereocenters. The second kappa shape index (κ2) is 6.38. The molecule has 6 nitrogen and oxygen atoms in total. The summed E-state index contributed by atoms with van der Waals surface area (Å²) in [5.74, 6) is -0.575. The lowest BCUT2D eigenvalue weighted by atomic mass is 10.2. The van der Waals surface area contributed by atoms with Crippen LogP contribution in [0.2, 0.25) is 0 Å². The van der Waals surface area contributed by atoms with E-state index in [1.807, 2.05) is 0 Å². The molecule has 0 bridgehead atoms. The molecule has 0 aliphatic carbocycles. The van der Waals surface area contributed by atoms with Gasteiger partial charge in [0.1, 0.15) is 17.9 Å². The third-order valence-electron chi connectivity index (χ3n) is 3.30. The summed E-state index contributed by atoms with van der Waals surface area (Å²) in [5, 5.41) is 12.1. The Morgan fingerprint density at radius 2 is 2.25 bits per heavy atom. The highest BCUT2D eigenvalue weighted by molar-refractivity contribution is 5.90. The Kier molecular flexibility index (Phi) is 4.57. The second-order valence-corrected chi connectivity index (χ2v) is 4.70. The Morgan fingerprint density at radius 3 is 2.90 bits per heavy atom. The Morgan fingerprint density at radius 1 is 1.50 bits per heavy atom. The first-order valence-electron chi connectivity index (χ1n) is 6.53. The van der Waals surface area contributed by atoms with E-state index in [0.29, 0.717) is 18.9 Å². The summed E-state index contributed by atoms with van der Waals surface area (Å²) in [6.07, 6.45) is 0.793. The van der Waals surface area contributed by atoms with E-state index in [4.69, 9.17) is 9.84 Å². The second-order valence-electron chi connectivity index (χ2n) is 4.70. The molecule has 6 heteroatoms. The maximum Gasteiger partial charge on any atom is 0.339 e. The minimum absolute atomic E-state index is 0.0935. The molecule has 1 fully saturated rings. The van der Waals surface area contributed by atoms with E-state index < -0.39 is 5.97 Å². The van der Waals surface area contributed by atoms with Gasteiger partial charge in [-0.25, -0.2) is 4.79 Å². The van der Waals surface area contributed by atoms with Gasteiger partial charge in [-0.05, 0) is 18.6 Å². The first-order valence-corrected chi connectivity index (χ1v) is 6.53. The molecule has 1 amide bonds. The zero-order valence-corrected chi connectivity index (χ0v) is 11.3. The Bertz CT molecular complexity index is 504. The smallest absolute Gasteiger partial charge is 0.339 e. The average molecular weight is 278 g/mol. The fraction of sp³-hybridized carbons (Fsp3) is 0.429. The van der Waals surface area contributed by atoms with Crippen LogP contribution in [-0.2, 0) is 4.79 Å². The third-order valence-corrected chi connectivity index (χ3v) is 3.30. The third kappa shape index (κ3) is 3.27. The van der Waals surface area contributed by atoms with E-state index in [-0.39, 0.29) is 17.5 Å². The lowest BCUT2D eigenvalue weighted by Gasteiger charge is -2.13. The van der Waals surface area contributed by atoms with E-state index in [1.54, 1.807) is 30.1 Å². The molecule has 0 aromatic heterocycles. The largest absolute Gasteiger partial charge is 0.491 e. The number of likely N-dealkylation sites (tertiary alicyclic amines) is 1. The minimum atomic E-state index is -1.01. The fourth-order valence-corrected chi connectivity index (χ4v) is 2.18. The van der Waals surface area contributed by atoms with Crippen LogP contribution in [0.25, 0.3) is 0 Å². The maximum absolute atomic E-state index is 11.7. The highest BCUT2D eigenvalue weighted by Crippen LogP contribution is 2.17. The van der Waals surface area contributed by atoms with E-state index in [1.165, 1.54) is 6.07 Å². The van der Waals surface area contributed by atoms with Gasteiger partial charge in [0.15, 0.2) is 0 Å². The van der Waals surface area contributed by atoms with Crippen LogP contribution in [0.4, 0.5) is 0 Å². The molecule has 1 aliphatic heterocycles. The number of rotatable bonds is 6. The van der Waals surface area contributed by atoms with Crippen LogP contribution in [0.3, 0.4) is 0 Å². The molecular weight excluding hydrogens is 260 g/mol. The summed E-state index contributed by atoms with van der Waals surface area (Å²) in [7, 11) is 1.78. The number of hydrogen-bond donors (Lipinski definition) is 2. The summed E-state index contributed by atoms with van der Waals surface area (Å²) in [6, 6.07) is 6.35. The van der Waals surface area contributed by atoms with E-state index in [0.717, 1.165) is 13.0 Å². The van der Waals surface area contributed by atoms with Crippen LogP contribution in [-0.4, -0.2) is 54.7 Å². The first kappa shape index (κ1) is 14.3. The number of nitrogens with one attached hydrogen (secondary N) is 1. The van der Waals surface area contributed by atoms with E-state index in [2.05, 4.69) is 5.32 Å². The highest BCUT2D eigenvalue weighted by Gasteiger charge is 2.28. The van der Waals surface area contributed by atoms with Crippen molar-refractivity contribution in [2.75, 3.05) is 26.7 Å². The number of carbonyl (C=O) groups is 2. The molecule has 1 aromatic carbocycles. The van der Waals surface area contributed by atoms with Gasteiger partial charge < -0.3 is 20.1 Å². The molecule has 1 saturated heterocycles. The number of likely N-dealkylation sites (N-methyl/N-ethyl adjacent to an activating group) is 1. The summed E-state index contributed by atoms with van der Waals surface area (Å²) in [4.78, 5) is 24.3. The summed E-state index contributed by atoms with van der Waals surface area (Å²) in [5.41, 5.74) is 0.143. The number of amides is 1. The van der Waals surface area contributed by atoms with Gasteiger partial charge in [0.25, 0.3) is 0 Å². The molecule has 1 aliphatic rings. The molecule has 1 atom stereocenters. The maximum atomic E-state index is 11.7. The van der Waals surface area contributed by atoms with Gasteiger partial charge in [-0.2, -0.15) is 0 Å². The van der Waals surface area contributed by atoms with Crippen molar-refractivity contribution in [3.05, 3.63) is 29.8 Å². The van der Waals surface area contributed by atoms with Crippen molar-refractivity contribution in [2.24, 2.45) is 0 Å². The predicted octanol–water partition coefficient (Wildman–Crippen LogP) is 0.584. The Hall–Kier alpha value is -2.08. The fourth-order valence-electron chi connectivity index (χ4n) is 2.18. The molecule has 2 rings (SSSR count). The number of carbonyl (C=O) groups excluding carboxylic acids is 1. The molecule has 1 heterocycles. The van der Waals surface area contributed by atoms with Gasteiger partial charge in [0.2, 0.25) is 5.91 Å². The lowest BCUT2D eigenvalue weighted by molar-refractivity contribution is -0.128. The highest BCUT2D eigenvalue weighted by atomic mass is 16.5. The molecule has 108 valence electrons. The SMILES string of the molecule is CN1CCC(NCCOc2ccccc2C(=O)O)C1=O. The normalized spacial score (nSPS) is 18.4. The minimum Gasteiger partial charge on any atom is -0.491 e. The number of ether oxygens (including phenoxy) is 1. The van der Waals surface area contributed by atoms with Gasteiger partial charge in [-0.3, -0.25) is 4.79 Å². The summed E-state index contributed by atoms with van der Waals surface area (Å²) >= 11 is 0. The van der Waals surface area contributed by atoms with E-state index >= 15 is 0 Å². The van der Waals surface area contributed by atoms with Crippen LogP contribution in [0.15, 0.2) is 24.3 Å². The molecular formula is C14H18N2O4. The molecule has 0 saturated carbocycles. The number of carboxylic acids is 1. The monoisotopic (exact) mass is 278 g/mol. The topological polar surface area (TPSA) is 78.9 Å². The van der Waals surface area contributed by atoms with Gasteiger partial charge in [-0.1, -0.05) is 12.1 Å². The van der Waals surface area contributed by atoms with Crippen LogP contribution < -0.4 is 10.1 Å². The van der Waals surface area contributed by atoms with Crippen LogP contribution in [0, 0.1) is 0 Å². The standard InChI is InChI=1S/C14H18N2O4/c1-16-8-6-11(13(16)17)15-7-9-20-12-5-3-2-4-10(12)14(18)19/h2-5,11,15H,6-9H2,1H3,(H,18,19). The van der Waals surface area contributed by atoms with Gasteiger partial charge in [-0.15, -0.1) is 0 Å². The Balaban J connectivity index is 1.79. The Labute approximate surface area is 117 Å².